The molecule has 2 aromatic heterocycles. The molecular weight excluding hydrogens is 404 g/mol. The maximum absolute atomic E-state index is 12.8. The number of amides is 1. The summed E-state index contributed by atoms with van der Waals surface area (Å²) < 4.78 is 5.27. The molecule has 1 fully saturated rings. The molecule has 1 atom stereocenters. The number of benzene rings is 1. The highest BCUT2D eigenvalue weighted by molar-refractivity contribution is 5.88. The summed E-state index contributed by atoms with van der Waals surface area (Å²) in [5, 5.41) is 8.01. The van der Waals surface area contributed by atoms with Gasteiger partial charge in [0.1, 0.15) is 17.5 Å². The molecule has 0 spiro atoms. The van der Waals surface area contributed by atoms with E-state index in [1.807, 2.05) is 13.0 Å². The third-order valence-corrected chi connectivity index (χ3v) is 6.16. The molecule has 3 aromatic rings. The van der Waals surface area contributed by atoms with E-state index >= 15 is 0 Å². The Morgan fingerprint density at radius 3 is 2.94 bits per heavy atom. The van der Waals surface area contributed by atoms with Crippen LogP contribution in [0.4, 0.5) is 5.82 Å². The number of hydrogen-bond acceptors (Lipinski definition) is 7. The quantitative estimate of drug-likeness (QED) is 0.516. The highest BCUT2D eigenvalue weighted by Crippen LogP contribution is 2.29. The molecule has 8 nitrogen and oxygen atoms in total. The molecule has 0 unspecified atom stereocenters. The number of rotatable bonds is 9. The fourth-order valence-corrected chi connectivity index (χ4v) is 4.38. The summed E-state index contributed by atoms with van der Waals surface area (Å²) in [7, 11) is 0. The smallest absolute Gasteiger partial charge is 0.263 e. The van der Waals surface area contributed by atoms with Crippen LogP contribution in [-0.2, 0) is 11.3 Å². The van der Waals surface area contributed by atoms with E-state index in [0.29, 0.717) is 18.8 Å². The van der Waals surface area contributed by atoms with E-state index in [9.17, 15) is 4.79 Å². The first kappa shape index (κ1) is 22.2. The van der Waals surface area contributed by atoms with E-state index in [-0.39, 0.29) is 11.8 Å². The molecule has 0 radical (unpaired) electrons. The average molecular weight is 437 g/mol. The van der Waals surface area contributed by atoms with Gasteiger partial charge in [-0.15, -0.1) is 0 Å². The first-order valence-corrected chi connectivity index (χ1v) is 11.5. The van der Waals surface area contributed by atoms with Crippen LogP contribution in [0.3, 0.4) is 0 Å². The molecule has 3 heterocycles. The van der Waals surface area contributed by atoms with Crippen molar-refractivity contribution in [2.75, 3.05) is 37.6 Å². The molecule has 1 aliphatic rings. The van der Waals surface area contributed by atoms with Gasteiger partial charge < -0.3 is 14.7 Å². The van der Waals surface area contributed by atoms with Crippen LogP contribution in [0.25, 0.3) is 11.1 Å². The Morgan fingerprint density at radius 1 is 1.28 bits per heavy atom. The Balaban J connectivity index is 1.27. The number of anilines is 1. The van der Waals surface area contributed by atoms with Gasteiger partial charge in [-0.1, -0.05) is 42.4 Å². The number of carbonyl (C=O) groups is 1. The second-order valence-corrected chi connectivity index (χ2v) is 8.43. The predicted molar refractivity (Wildman–Crippen MR) is 124 cm³/mol. The van der Waals surface area contributed by atoms with E-state index in [2.05, 4.69) is 61.4 Å². The SMILES string of the molecule is CCN(CCCNC(=O)[C@@H]1CCCN(c2ncnc3onc(C)c23)C1)Cc1ccccc1. The van der Waals surface area contributed by atoms with Crippen molar-refractivity contribution in [3.8, 4) is 0 Å². The van der Waals surface area contributed by atoms with Gasteiger partial charge in [-0.05, 0) is 38.3 Å². The summed E-state index contributed by atoms with van der Waals surface area (Å²) in [4.78, 5) is 26.1. The number of carbonyl (C=O) groups excluding carboxylic acids is 1. The number of nitrogens with zero attached hydrogens (tertiary/aromatic N) is 5. The third-order valence-electron chi connectivity index (χ3n) is 6.16. The fraction of sp³-hybridized carbons (Fsp3) is 0.500. The molecule has 8 heteroatoms. The second-order valence-electron chi connectivity index (χ2n) is 8.43. The van der Waals surface area contributed by atoms with E-state index in [1.165, 1.54) is 11.9 Å². The minimum absolute atomic E-state index is 0.0412. The number of hydrogen-bond donors (Lipinski definition) is 1. The number of nitrogens with one attached hydrogen (secondary N) is 1. The van der Waals surface area contributed by atoms with E-state index in [0.717, 1.165) is 62.3 Å². The van der Waals surface area contributed by atoms with Gasteiger partial charge in [0.15, 0.2) is 0 Å². The number of aryl methyl sites for hydroxylation is 1. The van der Waals surface area contributed by atoms with Gasteiger partial charge in [0.2, 0.25) is 5.91 Å². The van der Waals surface area contributed by atoms with Gasteiger partial charge >= 0.3 is 0 Å². The lowest BCUT2D eigenvalue weighted by atomic mass is 9.97. The minimum Gasteiger partial charge on any atom is -0.356 e. The summed E-state index contributed by atoms with van der Waals surface area (Å²) in [5.41, 5.74) is 2.59. The lowest BCUT2D eigenvalue weighted by Crippen LogP contribution is -2.44. The molecule has 1 amide bonds. The summed E-state index contributed by atoms with van der Waals surface area (Å²) in [6.07, 6.45) is 4.29. The van der Waals surface area contributed by atoms with Crippen LogP contribution in [0.15, 0.2) is 41.2 Å². The first-order valence-electron chi connectivity index (χ1n) is 11.5. The average Bonchev–Trinajstić information content (AvgIpc) is 3.22. The molecule has 1 aliphatic heterocycles. The van der Waals surface area contributed by atoms with Crippen molar-refractivity contribution < 1.29 is 9.32 Å². The Hall–Kier alpha value is -3.00. The first-order chi connectivity index (χ1) is 15.7. The topological polar surface area (TPSA) is 87.4 Å². The van der Waals surface area contributed by atoms with Gasteiger partial charge in [0.05, 0.1) is 11.6 Å². The molecule has 32 heavy (non-hydrogen) atoms. The summed E-state index contributed by atoms with van der Waals surface area (Å²) >= 11 is 0. The normalized spacial score (nSPS) is 16.6. The molecule has 1 aromatic carbocycles. The van der Waals surface area contributed by atoms with Crippen LogP contribution in [0.2, 0.25) is 0 Å². The van der Waals surface area contributed by atoms with Crippen molar-refractivity contribution in [1.82, 2.24) is 25.3 Å². The highest BCUT2D eigenvalue weighted by atomic mass is 16.5. The number of piperidine rings is 1. The van der Waals surface area contributed by atoms with Crippen molar-refractivity contribution in [3.05, 3.63) is 47.9 Å². The third kappa shape index (κ3) is 5.24. The summed E-state index contributed by atoms with van der Waals surface area (Å²) in [5.74, 6) is 0.902. The van der Waals surface area contributed by atoms with Gasteiger partial charge in [-0.3, -0.25) is 9.69 Å². The van der Waals surface area contributed by atoms with Crippen molar-refractivity contribution >= 4 is 22.8 Å². The standard InChI is InChI=1S/C24H32N6O2/c1-3-29(15-19-9-5-4-6-10-19)13-8-12-25-23(31)20-11-7-14-30(16-20)22-21-18(2)28-32-24(21)27-17-26-22/h4-6,9-10,17,20H,3,7-8,11-16H2,1-2H3,(H,25,31)/t20-/m1/s1. The molecule has 1 saturated heterocycles. The molecule has 0 aliphatic carbocycles. The monoisotopic (exact) mass is 436 g/mol. The Labute approximate surface area is 189 Å². The summed E-state index contributed by atoms with van der Waals surface area (Å²) in [6.45, 7) is 9.19. The van der Waals surface area contributed by atoms with Crippen molar-refractivity contribution in [3.63, 3.8) is 0 Å². The molecule has 4 rings (SSSR count). The Morgan fingerprint density at radius 2 is 2.12 bits per heavy atom. The number of aromatic nitrogens is 3. The predicted octanol–water partition coefficient (Wildman–Crippen LogP) is 3.17. The van der Waals surface area contributed by atoms with Crippen LogP contribution < -0.4 is 10.2 Å². The van der Waals surface area contributed by atoms with E-state index in [1.54, 1.807) is 0 Å². The molecule has 0 saturated carbocycles. The van der Waals surface area contributed by atoms with Crippen LogP contribution >= 0.6 is 0 Å². The van der Waals surface area contributed by atoms with Crippen LogP contribution in [0, 0.1) is 12.8 Å². The van der Waals surface area contributed by atoms with Crippen molar-refractivity contribution in [2.24, 2.45) is 5.92 Å². The van der Waals surface area contributed by atoms with Crippen molar-refractivity contribution in [1.29, 1.82) is 0 Å². The van der Waals surface area contributed by atoms with Gasteiger partial charge in [-0.25, -0.2) is 4.98 Å². The number of fused-ring (bicyclic) bond motifs is 1. The largest absolute Gasteiger partial charge is 0.356 e. The van der Waals surface area contributed by atoms with Crippen LogP contribution in [-0.4, -0.2) is 58.7 Å². The van der Waals surface area contributed by atoms with Gasteiger partial charge in [-0.2, -0.15) is 4.98 Å². The lowest BCUT2D eigenvalue weighted by Gasteiger charge is -2.33. The molecular formula is C24H32N6O2. The van der Waals surface area contributed by atoms with Gasteiger partial charge in [0.25, 0.3) is 5.71 Å². The van der Waals surface area contributed by atoms with E-state index < -0.39 is 0 Å². The fourth-order valence-electron chi connectivity index (χ4n) is 4.38. The molecule has 1 N–H and O–H groups in total. The zero-order valence-electron chi connectivity index (χ0n) is 19.0. The molecule has 170 valence electrons. The maximum Gasteiger partial charge on any atom is 0.263 e. The maximum atomic E-state index is 12.8. The zero-order valence-corrected chi connectivity index (χ0v) is 19.0. The lowest BCUT2D eigenvalue weighted by molar-refractivity contribution is -0.125. The second kappa shape index (κ2) is 10.5. The highest BCUT2D eigenvalue weighted by Gasteiger charge is 2.28. The zero-order chi connectivity index (χ0) is 22.3. The van der Waals surface area contributed by atoms with Crippen LogP contribution in [0.5, 0.6) is 0 Å². The summed E-state index contributed by atoms with van der Waals surface area (Å²) in [6, 6.07) is 10.5. The molecule has 0 bridgehead atoms. The Kier molecular flexibility index (Phi) is 7.32. The van der Waals surface area contributed by atoms with Crippen LogP contribution in [0.1, 0.15) is 37.4 Å². The van der Waals surface area contributed by atoms with Gasteiger partial charge in [0, 0.05) is 32.7 Å². The minimum atomic E-state index is -0.0412. The Bertz CT molecular complexity index is 1020. The van der Waals surface area contributed by atoms with Crippen molar-refractivity contribution in [2.45, 2.75) is 39.7 Å². The van der Waals surface area contributed by atoms with E-state index in [4.69, 9.17) is 4.52 Å².